The van der Waals surface area contributed by atoms with Crippen LogP contribution in [0, 0.1) is 0 Å². The van der Waals surface area contributed by atoms with Crippen LogP contribution >= 0.6 is 0 Å². The highest BCUT2D eigenvalue weighted by Gasteiger charge is 2.21. The molecule has 3 rings (SSSR count). The molecule has 0 radical (unpaired) electrons. The zero-order chi connectivity index (χ0) is 13.2. The lowest BCUT2D eigenvalue weighted by atomic mass is 9.99. The van der Waals surface area contributed by atoms with E-state index in [9.17, 15) is 0 Å². The number of aromatic nitrogens is 2. The molecule has 0 atom stereocenters. The predicted molar refractivity (Wildman–Crippen MR) is 76.3 cm³/mol. The molecule has 2 heterocycles. The molecular formula is C15H21N3O. The number of nitrogens with zero attached hydrogens (tertiary/aromatic N) is 2. The molecule has 1 saturated heterocycles. The minimum atomic E-state index is 0.541. The zero-order valence-electron chi connectivity index (χ0n) is 11.6. The van der Waals surface area contributed by atoms with E-state index < -0.39 is 0 Å². The Kier molecular flexibility index (Phi) is 3.53. The number of ether oxygens (including phenoxy) is 1. The summed E-state index contributed by atoms with van der Waals surface area (Å²) in [5, 5.41) is 3.18. The van der Waals surface area contributed by atoms with Crippen molar-refractivity contribution in [2.24, 2.45) is 7.05 Å². The molecule has 102 valence electrons. The Bertz CT molecular complexity index is 570. The Morgan fingerprint density at radius 3 is 2.89 bits per heavy atom. The Morgan fingerprint density at radius 2 is 2.16 bits per heavy atom. The van der Waals surface area contributed by atoms with Crippen molar-refractivity contribution in [1.29, 1.82) is 0 Å². The lowest BCUT2D eigenvalue weighted by Crippen LogP contribution is -2.17. The average Bonchev–Trinajstić information content (AvgIpc) is 2.77. The van der Waals surface area contributed by atoms with E-state index in [1.54, 1.807) is 0 Å². The number of hydrogen-bond donors (Lipinski definition) is 1. The fourth-order valence-electron chi connectivity index (χ4n) is 2.90. The van der Waals surface area contributed by atoms with E-state index in [1.165, 1.54) is 16.9 Å². The molecule has 0 aliphatic carbocycles. The summed E-state index contributed by atoms with van der Waals surface area (Å²) in [7, 11) is 4.09. The maximum atomic E-state index is 5.44. The van der Waals surface area contributed by atoms with Gasteiger partial charge in [0.25, 0.3) is 0 Å². The van der Waals surface area contributed by atoms with Gasteiger partial charge in [0.1, 0.15) is 5.82 Å². The van der Waals surface area contributed by atoms with Gasteiger partial charge >= 0.3 is 0 Å². The zero-order valence-corrected chi connectivity index (χ0v) is 11.6. The van der Waals surface area contributed by atoms with Gasteiger partial charge in [-0.3, -0.25) is 0 Å². The van der Waals surface area contributed by atoms with Crippen molar-refractivity contribution in [2.45, 2.75) is 25.3 Å². The third-order valence-corrected chi connectivity index (χ3v) is 3.95. The second-order valence-electron chi connectivity index (χ2n) is 5.27. The van der Waals surface area contributed by atoms with Crippen molar-refractivity contribution >= 4 is 11.0 Å². The number of rotatable bonds is 3. The number of fused-ring (bicyclic) bond motifs is 1. The number of aryl methyl sites for hydroxylation is 1. The van der Waals surface area contributed by atoms with E-state index in [-0.39, 0.29) is 0 Å². The number of imidazole rings is 1. The van der Waals surface area contributed by atoms with Crippen LogP contribution in [0.4, 0.5) is 0 Å². The Morgan fingerprint density at radius 1 is 1.37 bits per heavy atom. The van der Waals surface area contributed by atoms with Crippen LogP contribution in [0.25, 0.3) is 11.0 Å². The number of nitrogens with one attached hydrogen (secondary N) is 1. The van der Waals surface area contributed by atoms with Crippen molar-refractivity contribution in [3.8, 4) is 0 Å². The first kappa shape index (κ1) is 12.6. The van der Waals surface area contributed by atoms with E-state index in [2.05, 4.69) is 35.1 Å². The second-order valence-corrected chi connectivity index (χ2v) is 5.27. The summed E-state index contributed by atoms with van der Waals surface area (Å²) in [6.07, 6.45) is 2.17. The number of hydrogen-bond acceptors (Lipinski definition) is 3. The largest absolute Gasteiger partial charge is 0.381 e. The standard InChI is InChI=1S/C15H21N3O/c1-16-10-11-3-4-14-13(9-11)17-15(18(14)2)12-5-7-19-8-6-12/h3-4,9,12,16H,5-8,10H2,1-2H3. The minimum absolute atomic E-state index is 0.541. The van der Waals surface area contributed by atoms with Gasteiger partial charge in [0, 0.05) is 32.7 Å². The van der Waals surface area contributed by atoms with E-state index in [0.29, 0.717) is 5.92 Å². The molecule has 1 aromatic carbocycles. The summed E-state index contributed by atoms with van der Waals surface area (Å²) in [5.74, 6) is 1.75. The highest BCUT2D eigenvalue weighted by Crippen LogP contribution is 2.28. The Hall–Kier alpha value is -1.39. The molecule has 0 bridgehead atoms. The summed E-state index contributed by atoms with van der Waals surface area (Å²) in [4.78, 5) is 4.86. The first-order chi connectivity index (χ1) is 9.29. The quantitative estimate of drug-likeness (QED) is 0.918. The molecule has 0 saturated carbocycles. The first-order valence-electron chi connectivity index (χ1n) is 6.97. The maximum absolute atomic E-state index is 5.44. The third-order valence-electron chi connectivity index (χ3n) is 3.95. The van der Waals surface area contributed by atoms with Crippen LogP contribution in [0.3, 0.4) is 0 Å². The molecule has 0 amide bonds. The van der Waals surface area contributed by atoms with Gasteiger partial charge in [0.05, 0.1) is 11.0 Å². The molecule has 1 aliphatic heterocycles. The Balaban J connectivity index is 1.98. The van der Waals surface area contributed by atoms with Crippen molar-refractivity contribution in [3.05, 3.63) is 29.6 Å². The molecule has 19 heavy (non-hydrogen) atoms. The predicted octanol–water partition coefficient (Wildman–Crippen LogP) is 2.19. The van der Waals surface area contributed by atoms with Crippen molar-refractivity contribution in [1.82, 2.24) is 14.9 Å². The van der Waals surface area contributed by atoms with Crippen LogP contribution < -0.4 is 5.32 Å². The second kappa shape index (κ2) is 5.31. The van der Waals surface area contributed by atoms with Crippen LogP contribution in [0.5, 0.6) is 0 Å². The molecule has 0 spiro atoms. The van der Waals surface area contributed by atoms with E-state index in [1.807, 2.05) is 7.05 Å². The highest BCUT2D eigenvalue weighted by atomic mass is 16.5. The smallest absolute Gasteiger partial charge is 0.112 e. The van der Waals surface area contributed by atoms with Crippen LogP contribution in [-0.4, -0.2) is 29.8 Å². The Labute approximate surface area is 113 Å². The van der Waals surface area contributed by atoms with Crippen LogP contribution in [0.2, 0.25) is 0 Å². The molecule has 1 aromatic heterocycles. The van der Waals surface area contributed by atoms with E-state index in [4.69, 9.17) is 9.72 Å². The van der Waals surface area contributed by atoms with Crippen molar-refractivity contribution < 1.29 is 4.74 Å². The third kappa shape index (κ3) is 2.38. The summed E-state index contributed by atoms with van der Waals surface area (Å²) >= 11 is 0. The normalized spacial score (nSPS) is 17.2. The monoisotopic (exact) mass is 259 g/mol. The van der Waals surface area contributed by atoms with Gasteiger partial charge < -0.3 is 14.6 Å². The fourth-order valence-corrected chi connectivity index (χ4v) is 2.90. The SMILES string of the molecule is CNCc1ccc2c(c1)nc(C1CCOCC1)n2C. The fraction of sp³-hybridized carbons (Fsp3) is 0.533. The molecular weight excluding hydrogens is 238 g/mol. The summed E-state index contributed by atoms with van der Waals surface area (Å²) in [5.41, 5.74) is 3.62. The minimum Gasteiger partial charge on any atom is -0.381 e. The molecule has 1 fully saturated rings. The van der Waals surface area contributed by atoms with Crippen LogP contribution in [0.1, 0.15) is 30.1 Å². The van der Waals surface area contributed by atoms with Gasteiger partial charge in [0.15, 0.2) is 0 Å². The lowest BCUT2D eigenvalue weighted by Gasteiger charge is -2.21. The van der Waals surface area contributed by atoms with E-state index in [0.717, 1.165) is 38.1 Å². The average molecular weight is 259 g/mol. The molecule has 1 aliphatic rings. The molecule has 1 N–H and O–H groups in total. The van der Waals surface area contributed by atoms with Gasteiger partial charge in [-0.25, -0.2) is 4.98 Å². The topological polar surface area (TPSA) is 39.1 Å². The van der Waals surface area contributed by atoms with Gasteiger partial charge in [-0.1, -0.05) is 6.07 Å². The van der Waals surface area contributed by atoms with Crippen LogP contribution in [0.15, 0.2) is 18.2 Å². The van der Waals surface area contributed by atoms with Gasteiger partial charge in [-0.15, -0.1) is 0 Å². The summed E-state index contributed by atoms with van der Waals surface area (Å²) in [6, 6.07) is 6.54. The van der Waals surface area contributed by atoms with Crippen LogP contribution in [-0.2, 0) is 18.3 Å². The number of benzene rings is 1. The summed E-state index contributed by atoms with van der Waals surface area (Å²) in [6.45, 7) is 2.61. The van der Waals surface area contributed by atoms with Gasteiger partial charge in [-0.05, 0) is 37.6 Å². The first-order valence-corrected chi connectivity index (χ1v) is 6.97. The summed E-state index contributed by atoms with van der Waals surface area (Å²) < 4.78 is 7.69. The molecule has 4 heteroatoms. The molecule has 0 unspecified atom stereocenters. The lowest BCUT2D eigenvalue weighted by molar-refractivity contribution is 0.0831. The van der Waals surface area contributed by atoms with E-state index >= 15 is 0 Å². The van der Waals surface area contributed by atoms with Gasteiger partial charge in [0.2, 0.25) is 0 Å². The maximum Gasteiger partial charge on any atom is 0.112 e. The van der Waals surface area contributed by atoms with Gasteiger partial charge in [-0.2, -0.15) is 0 Å². The van der Waals surface area contributed by atoms with Crippen molar-refractivity contribution in [2.75, 3.05) is 20.3 Å². The highest BCUT2D eigenvalue weighted by molar-refractivity contribution is 5.77. The molecule has 2 aromatic rings. The van der Waals surface area contributed by atoms with Crippen molar-refractivity contribution in [3.63, 3.8) is 0 Å². The molecule has 4 nitrogen and oxygen atoms in total.